The van der Waals surface area contributed by atoms with Crippen LogP contribution in [-0.2, 0) is 9.59 Å². The number of ketones is 1. The fourth-order valence-electron chi connectivity index (χ4n) is 5.44. The quantitative estimate of drug-likeness (QED) is 0.830. The predicted octanol–water partition coefficient (Wildman–Crippen LogP) is 3.12. The molecule has 1 saturated heterocycles. The van der Waals surface area contributed by atoms with E-state index in [1.807, 2.05) is 11.0 Å². The molecule has 0 N–H and O–H groups in total. The first-order valence-corrected chi connectivity index (χ1v) is 9.45. The van der Waals surface area contributed by atoms with Crippen molar-refractivity contribution >= 4 is 17.4 Å². The van der Waals surface area contributed by atoms with Crippen LogP contribution in [0, 0.1) is 16.2 Å². The molecule has 2 atom stereocenters. The number of rotatable bonds is 2. The van der Waals surface area contributed by atoms with Crippen LogP contribution >= 0.6 is 0 Å². The van der Waals surface area contributed by atoms with E-state index >= 15 is 0 Å². The second-order valence-electron chi connectivity index (χ2n) is 8.75. The monoisotopic (exact) mass is 340 g/mol. The van der Waals surface area contributed by atoms with Gasteiger partial charge in [-0.15, -0.1) is 0 Å². The van der Waals surface area contributed by atoms with Gasteiger partial charge in [0.25, 0.3) is 0 Å². The van der Waals surface area contributed by atoms with Crippen LogP contribution in [0.25, 0.3) is 0 Å². The Labute approximate surface area is 150 Å². The molecule has 2 saturated carbocycles. The van der Waals surface area contributed by atoms with Crippen LogP contribution in [0.4, 0.5) is 5.69 Å². The van der Waals surface area contributed by atoms with Gasteiger partial charge in [-0.1, -0.05) is 39.0 Å². The van der Waals surface area contributed by atoms with Crippen LogP contribution in [0.3, 0.4) is 0 Å². The second kappa shape index (κ2) is 5.33. The van der Waals surface area contributed by atoms with Crippen molar-refractivity contribution in [2.24, 2.45) is 16.2 Å². The number of Topliss-reactive ketones (excluding diaryl/α,β-unsaturated/α-hetero) is 1. The van der Waals surface area contributed by atoms with Gasteiger partial charge in [0.2, 0.25) is 5.91 Å². The van der Waals surface area contributed by atoms with Gasteiger partial charge in [-0.25, -0.2) is 0 Å². The Kier molecular flexibility index (Phi) is 3.54. The zero-order chi connectivity index (χ0) is 17.9. The first-order valence-electron chi connectivity index (χ1n) is 9.45. The van der Waals surface area contributed by atoms with Gasteiger partial charge in [0.15, 0.2) is 0 Å². The molecule has 2 bridgehead atoms. The first kappa shape index (κ1) is 16.6. The van der Waals surface area contributed by atoms with Gasteiger partial charge in [-0.2, -0.15) is 0 Å². The number of carbonyl (C=O) groups excluding carboxylic acids is 2. The topological polar surface area (TPSA) is 40.6 Å². The van der Waals surface area contributed by atoms with Gasteiger partial charge in [-0.05, 0) is 30.4 Å². The Morgan fingerprint density at radius 2 is 1.60 bits per heavy atom. The summed E-state index contributed by atoms with van der Waals surface area (Å²) < 4.78 is 0. The van der Waals surface area contributed by atoms with Gasteiger partial charge in [0.05, 0.1) is 5.41 Å². The Morgan fingerprint density at radius 1 is 0.960 bits per heavy atom. The van der Waals surface area contributed by atoms with Crippen LogP contribution in [0.5, 0.6) is 0 Å². The predicted molar refractivity (Wildman–Crippen MR) is 98.4 cm³/mol. The number of nitrogens with zero attached hydrogens (tertiary/aromatic N) is 2. The fourth-order valence-corrected chi connectivity index (χ4v) is 5.44. The van der Waals surface area contributed by atoms with E-state index in [1.165, 1.54) is 5.69 Å². The summed E-state index contributed by atoms with van der Waals surface area (Å²) in [6.07, 6.45) is 2.16. The minimum Gasteiger partial charge on any atom is -0.368 e. The summed E-state index contributed by atoms with van der Waals surface area (Å²) in [6, 6.07) is 10.4. The molecular weight excluding hydrogens is 312 g/mol. The molecule has 0 unspecified atom stereocenters. The van der Waals surface area contributed by atoms with Gasteiger partial charge < -0.3 is 9.80 Å². The number of piperazine rings is 1. The maximum Gasteiger partial charge on any atom is 0.229 e. The standard InChI is InChI=1S/C21H28N2O2/c1-19(2)20(3)9-10-21(19,15-17(20)24)18(25)23-13-11-22(12-14-23)16-7-5-4-6-8-16/h4-8H,9-15H2,1-3H3/t20-,21+/m0/s1. The lowest BCUT2D eigenvalue weighted by molar-refractivity contribution is -0.148. The number of carbonyl (C=O) groups is 2. The third-order valence-electron chi connectivity index (χ3n) is 7.80. The molecule has 1 aromatic carbocycles. The molecule has 0 radical (unpaired) electrons. The van der Waals surface area contributed by atoms with Gasteiger partial charge in [0.1, 0.15) is 5.78 Å². The molecular formula is C21H28N2O2. The minimum absolute atomic E-state index is 0.222. The zero-order valence-corrected chi connectivity index (χ0v) is 15.5. The smallest absolute Gasteiger partial charge is 0.229 e. The van der Waals surface area contributed by atoms with Crippen LogP contribution < -0.4 is 4.90 Å². The summed E-state index contributed by atoms with van der Waals surface area (Å²) in [5.74, 6) is 0.514. The van der Waals surface area contributed by atoms with E-state index in [2.05, 4.69) is 49.9 Å². The summed E-state index contributed by atoms with van der Waals surface area (Å²) in [5.41, 5.74) is 0.171. The van der Waals surface area contributed by atoms with E-state index < -0.39 is 5.41 Å². The second-order valence-corrected chi connectivity index (χ2v) is 8.75. The van der Waals surface area contributed by atoms with Crippen molar-refractivity contribution in [3.8, 4) is 0 Å². The number of amides is 1. The van der Waals surface area contributed by atoms with E-state index in [0.29, 0.717) is 12.2 Å². The van der Waals surface area contributed by atoms with Crippen molar-refractivity contribution in [2.45, 2.75) is 40.0 Å². The zero-order valence-electron chi connectivity index (χ0n) is 15.5. The summed E-state index contributed by atoms with van der Waals surface area (Å²) in [7, 11) is 0. The number of benzene rings is 1. The summed E-state index contributed by atoms with van der Waals surface area (Å²) in [6.45, 7) is 9.57. The van der Waals surface area contributed by atoms with Crippen molar-refractivity contribution in [3.05, 3.63) is 30.3 Å². The highest BCUT2D eigenvalue weighted by atomic mass is 16.2. The van der Waals surface area contributed by atoms with Crippen molar-refractivity contribution in [3.63, 3.8) is 0 Å². The van der Waals surface area contributed by atoms with Crippen LogP contribution in [0.15, 0.2) is 30.3 Å². The third kappa shape index (κ3) is 2.06. The normalized spacial score (nSPS) is 33.8. The van der Waals surface area contributed by atoms with Crippen molar-refractivity contribution in [1.29, 1.82) is 0 Å². The van der Waals surface area contributed by atoms with E-state index in [1.54, 1.807) is 0 Å². The molecule has 3 fully saturated rings. The lowest BCUT2D eigenvalue weighted by atomic mass is 9.64. The molecule has 1 aromatic rings. The molecule has 134 valence electrons. The van der Waals surface area contributed by atoms with Crippen molar-refractivity contribution in [1.82, 2.24) is 4.90 Å². The molecule has 4 rings (SSSR count). The molecule has 2 aliphatic carbocycles. The molecule has 4 nitrogen and oxygen atoms in total. The fraction of sp³-hybridized carbons (Fsp3) is 0.619. The van der Waals surface area contributed by atoms with E-state index in [4.69, 9.17) is 0 Å². The summed E-state index contributed by atoms with van der Waals surface area (Å²) >= 11 is 0. The summed E-state index contributed by atoms with van der Waals surface area (Å²) in [4.78, 5) is 30.5. The molecule has 0 spiro atoms. The van der Waals surface area contributed by atoms with Gasteiger partial charge in [0, 0.05) is 43.7 Å². The van der Waals surface area contributed by atoms with Crippen LogP contribution in [-0.4, -0.2) is 42.8 Å². The number of fused-ring (bicyclic) bond motifs is 2. The molecule has 25 heavy (non-hydrogen) atoms. The first-order chi connectivity index (χ1) is 11.8. The summed E-state index contributed by atoms with van der Waals surface area (Å²) in [5, 5.41) is 0. The average Bonchev–Trinajstić information content (AvgIpc) is 2.92. The average molecular weight is 340 g/mol. The molecule has 4 heteroatoms. The van der Waals surface area contributed by atoms with E-state index in [9.17, 15) is 9.59 Å². The Bertz CT molecular complexity index is 706. The third-order valence-corrected chi connectivity index (χ3v) is 7.80. The molecule has 1 aliphatic heterocycles. The number of hydrogen-bond acceptors (Lipinski definition) is 3. The molecule has 1 amide bonds. The maximum atomic E-state index is 13.5. The van der Waals surface area contributed by atoms with E-state index in [0.717, 1.165) is 39.0 Å². The maximum absolute atomic E-state index is 13.5. The Morgan fingerprint density at radius 3 is 2.12 bits per heavy atom. The highest BCUT2D eigenvalue weighted by Crippen LogP contribution is 2.71. The van der Waals surface area contributed by atoms with Crippen LogP contribution in [0.2, 0.25) is 0 Å². The minimum atomic E-state index is -0.478. The SMILES string of the molecule is CC1(C)[C@]2(C(=O)N3CCN(c4ccccc4)CC3)CC[C@@]1(C)C(=O)C2. The molecule has 3 aliphatic rings. The highest BCUT2D eigenvalue weighted by Gasteiger charge is 2.73. The van der Waals surface area contributed by atoms with Gasteiger partial charge >= 0.3 is 0 Å². The van der Waals surface area contributed by atoms with Crippen molar-refractivity contribution in [2.75, 3.05) is 31.1 Å². The Balaban J connectivity index is 1.51. The van der Waals surface area contributed by atoms with Crippen molar-refractivity contribution < 1.29 is 9.59 Å². The highest BCUT2D eigenvalue weighted by molar-refractivity contribution is 5.99. The lowest BCUT2D eigenvalue weighted by Crippen LogP contribution is -2.55. The number of anilines is 1. The Hall–Kier alpha value is -1.84. The largest absolute Gasteiger partial charge is 0.368 e. The number of hydrogen-bond donors (Lipinski definition) is 0. The number of para-hydroxylation sites is 1. The van der Waals surface area contributed by atoms with E-state index in [-0.39, 0.29) is 16.7 Å². The van der Waals surface area contributed by atoms with Crippen LogP contribution in [0.1, 0.15) is 40.0 Å². The molecule has 1 heterocycles. The van der Waals surface area contributed by atoms with Gasteiger partial charge in [-0.3, -0.25) is 9.59 Å². The lowest BCUT2D eigenvalue weighted by Gasteiger charge is -2.44. The molecule has 0 aromatic heterocycles.